The van der Waals surface area contributed by atoms with Crippen molar-refractivity contribution < 1.29 is 13.9 Å². The molecule has 1 saturated carbocycles. The monoisotopic (exact) mass is 306 g/mol. The predicted molar refractivity (Wildman–Crippen MR) is 90.0 cm³/mol. The molecule has 0 amide bonds. The molecule has 0 saturated heterocycles. The number of aromatic nitrogens is 2. The Kier molecular flexibility index (Phi) is 4.47. The van der Waals surface area contributed by atoms with Gasteiger partial charge >= 0.3 is 0 Å². The van der Waals surface area contributed by atoms with Gasteiger partial charge in [-0.05, 0) is 43.5 Å². The second kappa shape index (κ2) is 6.69. The minimum atomic E-state index is 0.189. The Balaban J connectivity index is 1.89. The smallest absolute Gasteiger partial charge is 0.185 e. The molecule has 2 aromatic rings. The van der Waals surface area contributed by atoms with Gasteiger partial charge in [-0.25, -0.2) is 9.13 Å². The van der Waals surface area contributed by atoms with Crippen LogP contribution in [0.4, 0.5) is 0 Å². The second-order valence-corrected chi connectivity index (χ2v) is 6.13. The van der Waals surface area contributed by atoms with Crippen LogP contribution in [0.2, 0.25) is 0 Å². The van der Waals surface area contributed by atoms with Crippen LogP contribution in [0.1, 0.15) is 30.4 Å². The van der Waals surface area contributed by atoms with Crippen LogP contribution in [0, 0.1) is 0 Å². The standard InChI is InChI=1S/C20H22N2O/c1-21-10-4-6-16(14-21)12-18-8-3-9-19(20(18)23)13-17-7-5-11-22(2)15-17/h4-7,10-15H,3,8-9H2,1-2H3/q+2/b18-12+,19-13+. The second-order valence-electron chi connectivity index (χ2n) is 6.13. The normalized spacial score (nSPS) is 18.6. The molecule has 1 aliphatic rings. The SMILES string of the molecule is C[n+]1cccc(/C=C2\CCC/C(=C\c3ccc[n+](C)c3)C2=O)c1. The van der Waals surface area contributed by atoms with Crippen LogP contribution in [0.25, 0.3) is 12.2 Å². The maximum Gasteiger partial charge on any atom is 0.185 e. The fourth-order valence-electron chi connectivity index (χ4n) is 2.97. The highest BCUT2D eigenvalue weighted by Gasteiger charge is 2.21. The molecule has 0 N–H and O–H groups in total. The lowest BCUT2D eigenvalue weighted by Gasteiger charge is -2.16. The topological polar surface area (TPSA) is 24.8 Å². The van der Waals surface area contributed by atoms with Gasteiger partial charge in [0, 0.05) is 34.4 Å². The Morgan fingerprint density at radius 1 is 0.870 bits per heavy atom. The van der Waals surface area contributed by atoms with E-state index in [1.54, 1.807) is 0 Å². The lowest BCUT2D eigenvalue weighted by atomic mass is 9.87. The third-order valence-corrected chi connectivity index (χ3v) is 4.08. The molecule has 1 aliphatic carbocycles. The van der Waals surface area contributed by atoms with Crippen LogP contribution in [-0.4, -0.2) is 5.78 Å². The molecule has 23 heavy (non-hydrogen) atoms. The lowest BCUT2D eigenvalue weighted by Crippen LogP contribution is -2.26. The van der Waals surface area contributed by atoms with Crippen LogP contribution in [-0.2, 0) is 18.9 Å². The van der Waals surface area contributed by atoms with Crippen molar-refractivity contribution in [3.05, 3.63) is 71.3 Å². The molecule has 0 atom stereocenters. The van der Waals surface area contributed by atoms with E-state index in [-0.39, 0.29) is 5.78 Å². The quantitative estimate of drug-likeness (QED) is 0.618. The molecule has 116 valence electrons. The Hall–Kier alpha value is -2.55. The molecule has 3 rings (SSSR count). The molecule has 2 heterocycles. The average Bonchev–Trinajstić information content (AvgIpc) is 2.51. The summed E-state index contributed by atoms with van der Waals surface area (Å²) >= 11 is 0. The molecule has 0 radical (unpaired) electrons. The first kappa shape index (κ1) is 15.3. The van der Waals surface area contributed by atoms with Crippen molar-refractivity contribution in [2.24, 2.45) is 14.1 Å². The number of carbonyl (C=O) groups is 1. The van der Waals surface area contributed by atoms with Crippen LogP contribution in [0.15, 0.2) is 60.2 Å². The summed E-state index contributed by atoms with van der Waals surface area (Å²) in [5, 5.41) is 0. The zero-order valence-electron chi connectivity index (χ0n) is 13.7. The van der Waals surface area contributed by atoms with E-state index < -0.39 is 0 Å². The molecule has 0 aromatic carbocycles. The van der Waals surface area contributed by atoms with Gasteiger partial charge in [0.15, 0.2) is 30.6 Å². The summed E-state index contributed by atoms with van der Waals surface area (Å²) in [6.07, 6.45) is 14.9. The summed E-state index contributed by atoms with van der Waals surface area (Å²) < 4.78 is 4.00. The molecule has 0 bridgehead atoms. The van der Waals surface area contributed by atoms with Crippen molar-refractivity contribution in [2.45, 2.75) is 19.3 Å². The maximum absolute atomic E-state index is 12.8. The van der Waals surface area contributed by atoms with Crippen LogP contribution in [0.5, 0.6) is 0 Å². The third-order valence-electron chi connectivity index (χ3n) is 4.08. The van der Waals surface area contributed by atoms with E-state index >= 15 is 0 Å². The first-order valence-electron chi connectivity index (χ1n) is 7.98. The molecular formula is C20H22N2O+2. The number of allylic oxidation sites excluding steroid dienone is 2. The van der Waals surface area contributed by atoms with Gasteiger partial charge in [-0.1, -0.05) is 0 Å². The van der Waals surface area contributed by atoms with E-state index in [4.69, 9.17) is 0 Å². The van der Waals surface area contributed by atoms with Gasteiger partial charge in [0.2, 0.25) is 0 Å². The number of pyridine rings is 2. The first-order chi connectivity index (χ1) is 11.1. The summed E-state index contributed by atoms with van der Waals surface area (Å²) in [4.78, 5) is 12.8. The van der Waals surface area contributed by atoms with E-state index in [0.29, 0.717) is 0 Å². The first-order valence-corrected chi connectivity index (χ1v) is 7.98. The van der Waals surface area contributed by atoms with Crippen molar-refractivity contribution in [3.8, 4) is 0 Å². The van der Waals surface area contributed by atoms with E-state index in [9.17, 15) is 4.79 Å². The van der Waals surface area contributed by atoms with Gasteiger partial charge in [-0.15, -0.1) is 0 Å². The van der Waals surface area contributed by atoms with Crippen molar-refractivity contribution >= 4 is 17.9 Å². The average molecular weight is 306 g/mol. The molecule has 1 fully saturated rings. The molecule has 0 aliphatic heterocycles. The largest absolute Gasteiger partial charge is 0.289 e. The van der Waals surface area contributed by atoms with Crippen molar-refractivity contribution in [2.75, 3.05) is 0 Å². The number of ketones is 1. The summed E-state index contributed by atoms with van der Waals surface area (Å²) in [6.45, 7) is 0. The fourth-order valence-corrected chi connectivity index (χ4v) is 2.97. The van der Waals surface area contributed by atoms with E-state index in [0.717, 1.165) is 41.5 Å². The summed E-state index contributed by atoms with van der Waals surface area (Å²) in [6, 6.07) is 8.08. The Morgan fingerprint density at radius 3 is 1.78 bits per heavy atom. The van der Waals surface area contributed by atoms with Crippen LogP contribution >= 0.6 is 0 Å². The number of nitrogens with zero attached hydrogens (tertiary/aromatic N) is 2. The third kappa shape index (κ3) is 3.81. The number of Topliss-reactive ketones (excluding diaryl/α,β-unsaturated/α-hetero) is 1. The number of hydrogen-bond acceptors (Lipinski definition) is 1. The highest BCUT2D eigenvalue weighted by atomic mass is 16.1. The minimum Gasteiger partial charge on any atom is -0.289 e. The fraction of sp³-hybridized carbons (Fsp3) is 0.250. The summed E-state index contributed by atoms with van der Waals surface area (Å²) in [5.74, 6) is 0.189. The van der Waals surface area contributed by atoms with Gasteiger partial charge in [-0.3, -0.25) is 4.79 Å². The molecular weight excluding hydrogens is 284 g/mol. The van der Waals surface area contributed by atoms with Crippen molar-refractivity contribution in [3.63, 3.8) is 0 Å². The van der Waals surface area contributed by atoms with Gasteiger partial charge < -0.3 is 0 Å². The zero-order valence-corrected chi connectivity index (χ0v) is 13.7. The zero-order chi connectivity index (χ0) is 16.2. The van der Waals surface area contributed by atoms with E-state index in [1.807, 2.05) is 84.4 Å². The number of hydrogen-bond donors (Lipinski definition) is 0. The Morgan fingerprint density at radius 2 is 1.35 bits per heavy atom. The maximum atomic E-state index is 12.8. The van der Waals surface area contributed by atoms with Crippen LogP contribution in [0.3, 0.4) is 0 Å². The number of carbonyl (C=O) groups excluding carboxylic acids is 1. The number of aryl methyl sites for hydroxylation is 2. The molecule has 0 unspecified atom stereocenters. The van der Waals surface area contributed by atoms with Gasteiger partial charge in [-0.2, -0.15) is 0 Å². The van der Waals surface area contributed by atoms with Gasteiger partial charge in [0.05, 0.1) is 0 Å². The molecule has 3 nitrogen and oxygen atoms in total. The highest BCUT2D eigenvalue weighted by Crippen LogP contribution is 2.27. The molecule has 0 spiro atoms. The van der Waals surface area contributed by atoms with Gasteiger partial charge in [0.1, 0.15) is 14.1 Å². The van der Waals surface area contributed by atoms with Gasteiger partial charge in [0.25, 0.3) is 0 Å². The number of rotatable bonds is 2. The predicted octanol–water partition coefficient (Wildman–Crippen LogP) is 2.56. The Bertz CT molecular complexity index is 737. The lowest BCUT2D eigenvalue weighted by molar-refractivity contribution is -0.671. The minimum absolute atomic E-state index is 0.189. The van der Waals surface area contributed by atoms with Crippen molar-refractivity contribution in [1.29, 1.82) is 0 Å². The molecule has 3 heteroatoms. The summed E-state index contributed by atoms with van der Waals surface area (Å²) in [7, 11) is 3.98. The Labute approximate surface area is 137 Å². The van der Waals surface area contributed by atoms with Crippen LogP contribution < -0.4 is 9.13 Å². The van der Waals surface area contributed by atoms with E-state index in [1.165, 1.54) is 0 Å². The molecule has 2 aromatic heterocycles. The summed E-state index contributed by atoms with van der Waals surface area (Å²) in [5.41, 5.74) is 3.97. The highest BCUT2D eigenvalue weighted by molar-refractivity contribution is 6.13. The van der Waals surface area contributed by atoms with Crippen molar-refractivity contribution in [1.82, 2.24) is 0 Å². The van der Waals surface area contributed by atoms with E-state index in [2.05, 4.69) is 0 Å².